The van der Waals surface area contributed by atoms with E-state index in [4.69, 9.17) is 4.74 Å². The molecule has 0 aliphatic carbocycles. The summed E-state index contributed by atoms with van der Waals surface area (Å²) in [5.74, 6) is -0.137. The lowest BCUT2D eigenvalue weighted by Gasteiger charge is -2.20. The maximum atomic E-state index is 11.5. The minimum Gasteiger partial charge on any atom is -0.374 e. The molecular formula is C9H16O4S. The predicted molar refractivity (Wildman–Crippen MR) is 52.9 cm³/mol. The molecule has 0 aromatic carbocycles. The summed E-state index contributed by atoms with van der Waals surface area (Å²) in [4.78, 5) is 11.5. The Morgan fingerprint density at radius 2 is 2.14 bits per heavy atom. The summed E-state index contributed by atoms with van der Waals surface area (Å²) in [5, 5.41) is -0.803. The summed E-state index contributed by atoms with van der Waals surface area (Å²) in [6.45, 7) is 2.15. The van der Waals surface area contributed by atoms with Gasteiger partial charge in [-0.25, -0.2) is 8.42 Å². The number of ether oxygens (including phenoxy) is 1. The van der Waals surface area contributed by atoms with Gasteiger partial charge in [0, 0.05) is 6.61 Å². The summed E-state index contributed by atoms with van der Waals surface area (Å²) >= 11 is 0. The summed E-state index contributed by atoms with van der Waals surface area (Å²) in [6, 6.07) is 0. The van der Waals surface area contributed by atoms with Gasteiger partial charge in [-0.1, -0.05) is 6.42 Å². The van der Waals surface area contributed by atoms with E-state index < -0.39 is 15.1 Å². The molecule has 1 aliphatic rings. The van der Waals surface area contributed by atoms with Gasteiger partial charge in [-0.2, -0.15) is 0 Å². The molecule has 1 rings (SSSR count). The Labute approximate surface area is 84.6 Å². The molecule has 1 fully saturated rings. The minimum absolute atomic E-state index is 0.0691. The quantitative estimate of drug-likeness (QED) is 0.694. The minimum atomic E-state index is -3.18. The second kappa shape index (κ2) is 4.89. The molecular weight excluding hydrogens is 204 g/mol. The van der Waals surface area contributed by atoms with Gasteiger partial charge in [-0.15, -0.1) is 0 Å². The smallest absolute Gasteiger partial charge is 0.176 e. The van der Waals surface area contributed by atoms with Gasteiger partial charge in [0.2, 0.25) is 0 Å². The number of Topliss-reactive ketones (excluding diaryl/α,β-unsaturated/α-hetero) is 1. The lowest BCUT2D eigenvalue weighted by Crippen LogP contribution is -2.37. The Morgan fingerprint density at radius 3 is 2.71 bits per heavy atom. The van der Waals surface area contributed by atoms with E-state index in [0.717, 1.165) is 6.42 Å². The Kier molecular flexibility index (Phi) is 4.07. The highest BCUT2D eigenvalue weighted by Crippen LogP contribution is 2.20. The normalized spacial score (nSPS) is 25.9. The van der Waals surface area contributed by atoms with E-state index in [9.17, 15) is 13.2 Å². The van der Waals surface area contributed by atoms with Gasteiger partial charge in [0.05, 0.1) is 5.75 Å². The van der Waals surface area contributed by atoms with Gasteiger partial charge in [0.15, 0.2) is 15.6 Å². The van der Waals surface area contributed by atoms with Gasteiger partial charge in [0.25, 0.3) is 0 Å². The van der Waals surface area contributed by atoms with Crippen LogP contribution >= 0.6 is 0 Å². The third kappa shape index (κ3) is 2.78. The number of hydrogen-bond donors (Lipinski definition) is 0. The van der Waals surface area contributed by atoms with Crippen molar-refractivity contribution in [2.45, 2.75) is 31.4 Å². The Morgan fingerprint density at radius 1 is 1.43 bits per heavy atom. The third-order valence-electron chi connectivity index (χ3n) is 2.39. The van der Waals surface area contributed by atoms with E-state index in [1.54, 1.807) is 6.92 Å². The van der Waals surface area contributed by atoms with Gasteiger partial charge in [-0.05, 0) is 19.8 Å². The first-order valence-corrected chi connectivity index (χ1v) is 6.61. The lowest BCUT2D eigenvalue weighted by molar-refractivity contribution is -0.123. The standard InChI is InChI=1S/C9H16O4S/c1-2-13-7-8(10)9-5-3-4-6-14(9,11)12/h9H,2-7H2,1H3. The van der Waals surface area contributed by atoms with Crippen molar-refractivity contribution >= 4 is 15.6 Å². The van der Waals surface area contributed by atoms with Crippen LogP contribution in [0.1, 0.15) is 26.2 Å². The first-order chi connectivity index (χ1) is 6.58. The molecule has 5 heteroatoms. The fraction of sp³-hybridized carbons (Fsp3) is 0.889. The highest BCUT2D eigenvalue weighted by molar-refractivity contribution is 7.92. The maximum absolute atomic E-state index is 11.5. The molecule has 0 radical (unpaired) electrons. The van der Waals surface area contributed by atoms with Crippen molar-refractivity contribution in [3.8, 4) is 0 Å². The molecule has 4 nitrogen and oxygen atoms in total. The molecule has 1 atom stereocenters. The highest BCUT2D eigenvalue weighted by atomic mass is 32.2. The van der Waals surface area contributed by atoms with Crippen molar-refractivity contribution < 1.29 is 17.9 Å². The highest BCUT2D eigenvalue weighted by Gasteiger charge is 2.34. The van der Waals surface area contributed by atoms with Crippen molar-refractivity contribution in [2.24, 2.45) is 0 Å². The zero-order valence-corrected chi connectivity index (χ0v) is 9.18. The second-order valence-corrected chi connectivity index (χ2v) is 5.76. The zero-order valence-electron chi connectivity index (χ0n) is 8.36. The van der Waals surface area contributed by atoms with Crippen LogP contribution in [0.25, 0.3) is 0 Å². The number of carbonyl (C=O) groups excluding carboxylic acids is 1. The van der Waals surface area contributed by atoms with Crippen molar-refractivity contribution in [3.63, 3.8) is 0 Å². The van der Waals surface area contributed by atoms with Crippen LogP contribution < -0.4 is 0 Å². The first-order valence-electron chi connectivity index (χ1n) is 4.90. The Hall–Kier alpha value is -0.420. The molecule has 82 valence electrons. The van der Waals surface area contributed by atoms with Crippen LogP contribution in [0.4, 0.5) is 0 Å². The number of carbonyl (C=O) groups is 1. The Balaban J connectivity index is 2.61. The van der Waals surface area contributed by atoms with E-state index in [-0.39, 0.29) is 18.1 Å². The van der Waals surface area contributed by atoms with Crippen LogP contribution in [0.2, 0.25) is 0 Å². The van der Waals surface area contributed by atoms with Crippen molar-refractivity contribution in [1.29, 1.82) is 0 Å². The number of ketones is 1. The Bertz CT molecular complexity index is 294. The van der Waals surface area contributed by atoms with Crippen molar-refractivity contribution in [3.05, 3.63) is 0 Å². The monoisotopic (exact) mass is 220 g/mol. The zero-order chi connectivity index (χ0) is 10.6. The summed E-state index contributed by atoms with van der Waals surface area (Å²) in [7, 11) is -3.18. The summed E-state index contributed by atoms with van der Waals surface area (Å²) < 4.78 is 27.9. The van der Waals surface area contributed by atoms with Gasteiger partial charge >= 0.3 is 0 Å². The molecule has 0 saturated carbocycles. The molecule has 1 aliphatic heterocycles. The van der Waals surface area contributed by atoms with E-state index in [1.807, 2.05) is 0 Å². The average Bonchev–Trinajstić information content (AvgIpc) is 2.13. The van der Waals surface area contributed by atoms with E-state index in [1.165, 1.54) is 0 Å². The summed E-state index contributed by atoms with van der Waals surface area (Å²) in [6.07, 6.45) is 1.97. The lowest BCUT2D eigenvalue weighted by atomic mass is 10.1. The van der Waals surface area contributed by atoms with Gasteiger partial charge < -0.3 is 4.74 Å². The predicted octanol–water partition coefficient (Wildman–Crippen LogP) is 0.559. The van der Waals surface area contributed by atoms with E-state index in [2.05, 4.69) is 0 Å². The molecule has 0 aromatic rings. The molecule has 1 unspecified atom stereocenters. The van der Waals surface area contributed by atoms with Crippen LogP contribution in [0, 0.1) is 0 Å². The van der Waals surface area contributed by atoms with Crippen molar-refractivity contribution in [2.75, 3.05) is 19.0 Å². The maximum Gasteiger partial charge on any atom is 0.176 e. The molecule has 0 N–H and O–H groups in total. The van der Waals surface area contributed by atoms with Gasteiger partial charge in [0.1, 0.15) is 11.9 Å². The van der Waals surface area contributed by atoms with Crippen LogP contribution in [0.15, 0.2) is 0 Å². The first kappa shape index (κ1) is 11.7. The number of sulfone groups is 1. The third-order valence-corrected chi connectivity index (χ3v) is 4.61. The second-order valence-electron chi connectivity index (χ2n) is 3.45. The largest absolute Gasteiger partial charge is 0.374 e. The fourth-order valence-electron chi connectivity index (χ4n) is 1.61. The molecule has 0 amide bonds. The van der Waals surface area contributed by atoms with Crippen LogP contribution in [0.3, 0.4) is 0 Å². The van der Waals surface area contributed by atoms with Crippen LogP contribution in [0.5, 0.6) is 0 Å². The van der Waals surface area contributed by atoms with Crippen molar-refractivity contribution in [1.82, 2.24) is 0 Å². The fourth-order valence-corrected chi connectivity index (χ4v) is 3.50. The number of rotatable bonds is 4. The van der Waals surface area contributed by atoms with E-state index >= 15 is 0 Å². The van der Waals surface area contributed by atoms with Crippen LogP contribution in [-0.4, -0.2) is 38.4 Å². The molecule has 0 spiro atoms. The summed E-state index contributed by atoms with van der Waals surface area (Å²) in [5.41, 5.74) is 0. The molecule has 14 heavy (non-hydrogen) atoms. The topological polar surface area (TPSA) is 60.4 Å². The average molecular weight is 220 g/mol. The SMILES string of the molecule is CCOCC(=O)C1CCCCS1(=O)=O. The molecule has 1 heterocycles. The molecule has 0 bridgehead atoms. The molecule has 1 saturated heterocycles. The van der Waals surface area contributed by atoms with Crippen LogP contribution in [-0.2, 0) is 19.4 Å². The van der Waals surface area contributed by atoms with Gasteiger partial charge in [-0.3, -0.25) is 4.79 Å². The number of hydrogen-bond acceptors (Lipinski definition) is 4. The molecule has 0 aromatic heterocycles. The van der Waals surface area contributed by atoms with E-state index in [0.29, 0.717) is 19.4 Å².